The third-order valence-electron chi connectivity index (χ3n) is 4.43. The van der Waals surface area contributed by atoms with Crippen LogP contribution in [0.4, 0.5) is 0 Å². The minimum absolute atomic E-state index is 0. The molecular formula is C20H33KN2O2. The number of piperazine rings is 1. The van der Waals surface area contributed by atoms with E-state index in [2.05, 4.69) is 34.9 Å². The van der Waals surface area contributed by atoms with E-state index >= 15 is 0 Å². The smallest absolute Gasteiger partial charge is 0.381 e. The molecule has 1 aliphatic rings. The maximum absolute atomic E-state index is 5.73. The van der Waals surface area contributed by atoms with Crippen molar-refractivity contribution >= 4 is 0 Å². The maximum atomic E-state index is 5.73. The summed E-state index contributed by atoms with van der Waals surface area (Å²) in [5.41, 5.74) is 1.38. The predicted molar refractivity (Wildman–Crippen MR) is 98.2 cm³/mol. The van der Waals surface area contributed by atoms with Crippen LogP contribution >= 0.6 is 0 Å². The largest absolute Gasteiger partial charge is 1.00 e. The van der Waals surface area contributed by atoms with Crippen LogP contribution in [0.25, 0.3) is 0 Å². The number of nitrogens with zero attached hydrogens (tertiary/aromatic N) is 2. The molecule has 0 amide bonds. The second-order valence-corrected chi connectivity index (χ2v) is 6.46. The van der Waals surface area contributed by atoms with E-state index in [0.717, 1.165) is 78.5 Å². The fourth-order valence-corrected chi connectivity index (χ4v) is 2.86. The minimum Gasteiger partial charge on any atom is -0.381 e. The van der Waals surface area contributed by atoms with Gasteiger partial charge in [0, 0.05) is 59.1 Å². The summed E-state index contributed by atoms with van der Waals surface area (Å²) in [5.74, 6) is 0. The number of hydrogen-bond donors (Lipinski definition) is 0. The van der Waals surface area contributed by atoms with E-state index in [-0.39, 0.29) is 51.4 Å². The van der Waals surface area contributed by atoms with E-state index in [0.29, 0.717) is 0 Å². The fourth-order valence-electron chi connectivity index (χ4n) is 2.86. The van der Waals surface area contributed by atoms with Gasteiger partial charge in [-0.3, -0.25) is 9.80 Å². The van der Waals surface area contributed by atoms with Crippen molar-refractivity contribution in [2.24, 2.45) is 0 Å². The standard InChI is InChI=1S/C20H33N2O2.K/c1-2-3-15-23-16-7-17-24-18-14-21-10-12-22(13-11-21)19-20-8-5-4-6-9-20;/h5-6,8-9H,2-3,7,10-19H2,1H3;/q-1;+1. The fraction of sp³-hybridized carbons (Fsp3) is 0.700. The normalized spacial score (nSPS) is 15.9. The molecule has 1 saturated heterocycles. The summed E-state index contributed by atoms with van der Waals surface area (Å²) in [6.45, 7) is 12.2. The molecule has 1 aromatic rings. The van der Waals surface area contributed by atoms with Gasteiger partial charge in [0.15, 0.2) is 0 Å². The quantitative estimate of drug-likeness (QED) is 0.289. The molecule has 0 unspecified atom stereocenters. The van der Waals surface area contributed by atoms with Gasteiger partial charge >= 0.3 is 51.4 Å². The molecule has 0 aromatic heterocycles. The summed E-state index contributed by atoms with van der Waals surface area (Å²) in [7, 11) is 0. The van der Waals surface area contributed by atoms with Crippen molar-refractivity contribution in [3.05, 3.63) is 35.9 Å². The van der Waals surface area contributed by atoms with Gasteiger partial charge in [-0.25, -0.2) is 0 Å². The van der Waals surface area contributed by atoms with Crippen molar-refractivity contribution in [2.75, 3.05) is 59.2 Å². The Balaban J connectivity index is 0.00000312. The average molecular weight is 373 g/mol. The zero-order chi connectivity index (χ0) is 16.9. The Bertz CT molecular complexity index is 411. The molecule has 0 spiro atoms. The summed E-state index contributed by atoms with van der Waals surface area (Å²) in [5, 5.41) is 0. The van der Waals surface area contributed by atoms with Gasteiger partial charge in [-0.2, -0.15) is 30.3 Å². The molecule has 0 radical (unpaired) electrons. The topological polar surface area (TPSA) is 24.9 Å². The molecule has 0 atom stereocenters. The van der Waals surface area contributed by atoms with E-state index in [4.69, 9.17) is 9.47 Å². The molecule has 5 heteroatoms. The van der Waals surface area contributed by atoms with E-state index in [1.54, 1.807) is 0 Å². The molecule has 0 saturated carbocycles. The molecule has 1 fully saturated rings. The number of rotatable bonds is 12. The van der Waals surface area contributed by atoms with Crippen LogP contribution in [0.2, 0.25) is 0 Å². The molecule has 0 N–H and O–H groups in total. The Kier molecular flexibility index (Phi) is 14.9. The molecule has 4 nitrogen and oxygen atoms in total. The van der Waals surface area contributed by atoms with Crippen LogP contribution in [0.3, 0.4) is 0 Å². The molecule has 0 bridgehead atoms. The van der Waals surface area contributed by atoms with Crippen molar-refractivity contribution in [2.45, 2.75) is 32.7 Å². The van der Waals surface area contributed by atoms with Crippen molar-refractivity contribution < 1.29 is 60.9 Å². The third-order valence-corrected chi connectivity index (χ3v) is 4.43. The molecular weight excluding hydrogens is 339 g/mol. The Hall–Kier alpha value is 0.696. The van der Waals surface area contributed by atoms with Gasteiger partial charge in [-0.05, 0) is 12.8 Å². The SMILES string of the molecule is CCCCOCCCOCCN1CCN(Cc2cc[c-]cc2)CC1.[K+]. The molecule has 1 aliphatic heterocycles. The number of ether oxygens (including phenoxy) is 2. The number of unbranched alkanes of at least 4 members (excludes halogenated alkanes) is 1. The first-order chi connectivity index (χ1) is 11.9. The second kappa shape index (κ2) is 15.7. The van der Waals surface area contributed by atoms with Gasteiger partial charge in [0.1, 0.15) is 0 Å². The summed E-state index contributed by atoms with van der Waals surface area (Å²) in [6, 6.07) is 11.4. The van der Waals surface area contributed by atoms with Crippen LogP contribution in [-0.2, 0) is 16.0 Å². The molecule has 25 heavy (non-hydrogen) atoms. The van der Waals surface area contributed by atoms with E-state index in [9.17, 15) is 0 Å². The van der Waals surface area contributed by atoms with Crippen LogP contribution in [0.15, 0.2) is 24.3 Å². The molecule has 1 aromatic carbocycles. The van der Waals surface area contributed by atoms with Crippen LogP contribution in [0, 0.1) is 6.07 Å². The zero-order valence-electron chi connectivity index (χ0n) is 16.2. The Morgan fingerprint density at radius 3 is 2.16 bits per heavy atom. The summed E-state index contributed by atoms with van der Waals surface area (Å²) >= 11 is 0. The van der Waals surface area contributed by atoms with Gasteiger partial charge in [-0.15, -0.1) is 5.56 Å². The van der Waals surface area contributed by atoms with Crippen LogP contribution < -0.4 is 51.4 Å². The number of benzene rings is 1. The van der Waals surface area contributed by atoms with Crippen molar-refractivity contribution in [3.63, 3.8) is 0 Å². The Morgan fingerprint density at radius 1 is 0.880 bits per heavy atom. The Labute approximate surface area is 196 Å². The first-order valence-corrected chi connectivity index (χ1v) is 9.43. The van der Waals surface area contributed by atoms with Crippen LogP contribution in [-0.4, -0.2) is 69.0 Å². The van der Waals surface area contributed by atoms with Crippen LogP contribution in [0.1, 0.15) is 31.7 Å². The summed E-state index contributed by atoms with van der Waals surface area (Å²) in [6.07, 6.45) is 3.37. The van der Waals surface area contributed by atoms with Crippen molar-refractivity contribution in [3.8, 4) is 0 Å². The van der Waals surface area contributed by atoms with E-state index in [1.165, 1.54) is 12.0 Å². The molecule has 136 valence electrons. The first-order valence-electron chi connectivity index (χ1n) is 9.43. The maximum Gasteiger partial charge on any atom is 1.00 e. The van der Waals surface area contributed by atoms with Crippen molar-refractivity contribution in [1.82, 2.24) is 9.80 Å². The molecule has 1 heterocycles. The zero-order valence-corrected chi connectivity index (χ0v) is 19.3. The summed E-state index contributed by atoms with van der Waals surface area (Å²) < 4.78 is 11.3. The first kappa shape index (κ1) is 23.7. The van der Waals surface area contributed by atoms with Gasteiger partial charge in [-0.1, -0.05) is 13.3 Å². The summed E-state index contributed by atoms with van der Waals surface area (Å²) in [4.78, 5) is 5.04. The molecule has 2 rings (SSSR count). The van der Waals surface area contributed by atoms with E-state index < -0.39 is 0 Å². The van der Waals surface area contributed by atoms with Crippen molar-refractivity contribution in [1.29, 1.82) is 0 Å². The van der Waals surface area contributed by atoms with Gasteiger partial charge in [0.2, 0.25) is 0 Å². The van der Waals surface area contributed by atoms with Gasteiger partial charge in [0.25, 0.3) is 0 Å². The second-order valence-electron chi connectivity index (χ2n) is 6.46. The number of hydrogen-bond acceptors (Lipinski definition) is 4. The van der Waals surface area contributed by atoms with Gasteiger partial charge < -0.3 is 9.47 Å². The monoisotopic (exact) mass is 372 g/mol. The molecule has 0 aliphatic carbocycles. The average Bonchev–Trinajstić information content (AvgIpc) is 2.62. The predicted octanol–water partition coefficient (Wildman–Crippen LogP) is -0.168. The Morgan fingerprint density at radius 2 is 1.48 bits per heavy atom. The third kappa shape index (κ3) is 11.2. The minimum atomic E-state index is 0. The van der Waals surface area contributed by atoms with E-state index in [1.807, 2.05) is 12.1 Å². The van der Waals surface area contributed by atoms with Crippen LogP contribution in [0.5, 0.6) is 0 Å². The van der Waals surface area contributed by atoms with Gasteiger partial charge in [0.05, 0.1) is 6.61 Å².